The standard InChI is InChI=1S/C5H10BN2/c1-4-2-8-5(6-1)3-7-4/h4-5,7-8H,1-3H2/t4-,5?/m1/s1. The van der Waals surface area contributed by atoms with Gasteiger partial charge in [-0.1, -0.05) is 6.32 Å². The molecule has 2 nitrogen and oxygen atoms in total. The molecule has 3 rings (SSSR count). The van der Waals surface area contributed by atoms with Gasteiger partial charge in [-0.3, -0.25) is 0 Å². The van der Waals surface area contributed by atoms with Crippen LogP contribution in [0.25, 0.3) is 0 Å². The van der Waals surface area contributed by atoms with Crippen LogP contribution < -0.4 is 10.6 Å². The highest BCUT2D eigenvalue weighted by Gasteiger charge is 2.26. The molecule has 0 aromatic rings. The van der Waals surface area contributed by atoms with Crippen molar-refractivity contribution in [3.63, 3.8) is 0 Å². The smallest absolute Gasteiger partial charge is 0.136 e. The summed E-state index contributed by atoms with van der Waals surface area (Å²) in [7, 11) is 2.37. The highest BCUT2D eigenvalue weighted by Crippen LogP contribution is 2.05. The third-order valence-corrected chi connectivity index (χ3v) is 1.96. The number of nitrogens with one attached hydrogen (secondary N) is 2. The van der Waals surface area contributed by atoms with E-state index in [1.807, 2.05) is 0 Å². The summed E-state index contributed by atoms with van der Waals surface area (Å²) in [5.41, 5.74) is 0. The van der Waals surface area contributed by atoms with Crippen molar-refractivity contribution in [3.8, 4) is 0 Å². The molecule has 3 aliphatic rings. The molecule has 0 aromatic heterocycles. The Hall–Kier alpha value is -0.0151. The lowest BCUT2D eigenvalue weighted by Crippen LogP contribution is -2.62. The fourth-order valence-corrected chi connectivity index (χ4v) is 1.39. The van der Waals surface area contributed by atoms with E-state index < -0.39 is 0 Å². The maximum atomic E-state index is 3.42. The molecule has 0 aromatic carbocycles. The first-order chi connectivity index (χ1) is 3.95. The van der Waals surface area contributed by atoms with E-state index in [0.29, 0.717) is 5.94 Å². The Labute approximate surface area is 50.3 Å². The van der Waals surface area contributed by atoms with E-state index in [1.165, 1.54) is 12.9 Å². The molecule has 2 N–H and O–H groups in total. The van der Waals surface area contributed by atoms with Crippen LogP contribution in [0.5, 0.6) is 0 Å². The second kappa shape index (κ2) is 1.74. The summed E-state index contributed by atoms with van der Waals surface area (Å²) in [6, 6.07) is 0.736. The minimum Gasteiger partial charge on any atom is -0.319 e. The highest BCUT2D eigenvalue weighted by molar-refractivity contribution is 6.38. The molecule has 1 unspecified atom stereocenters. The lowest BCUT2D eigenvalue weighted by Gasteiger charge is -2.37. The molecular weight excluding hydrogens is 98.9 g/mol. The number of hydrogen-bond donors (Lipinski definition) is 2. The zero-order chi connectivity index (χ0) is 5.40. The summed E-state index contributed by atoms with van der Waals surface area (Å²) in [4.78, 5) is 0. The van der Waals surface area contributed by atoms with Gasteiger partial charge in [0, 0.05) is 19.1 Å². The quantitative estimate of drug-likeness (QED) is 0.390. The van der Waals surface area contributed by atoms with Crippen molar-refractivity contribution in [1.29, 1.82) is 0 Å². The minimum absolute atomic E-state index is 0.667. The molecule has 8 heavy (non-hydrogen) atoms. The van der Waals surface area contributed by atoms with E-state index in [0.717, 1.165) is 12.6 Å². The third-order valence-electron chi connectivity index (χ3n) is 1.96. The Kier molecular flexibility index (Phi) is 1.05. The molecule has 3 fully saturated rings. The lowest BCUT2D eigenvalue weighted by molar-refractivity contribution is 0.388. The lowest BCUT2D eigenvalue weighted by atomic mass is 9.59. The zero-order valence-corrected chi connectivity index (χ0v) is 4.85. The van der Waals surface area contributed by atoms with Crippen molar-refractivity contribution >= 4 is 7.28 Å². The van der Waals surface area contributed by atoms with Crippen LogP contribution in [0.3, 0.4) is 0 Å². The van der Waals surface area contributed by atoms with Gasteiger partial charge in [0.25, 0.3) is 0 Å². The minimum atomic E-state index is 0.667. The van der Waals surface area contributed by atoms with Gasteiger partial charge >= 0.3 is 0 Å². The van der Waals surface area contributed by atoms with Crippen molar-refractivity contribution in [1.82, 2.24) is 10.6 Å². The molecule has 0 aliphatic carbocycles. The van der Waals surface area contributed by atoms with E-state index in [9.17, 15) is 0 Å². The Morgan fingerprint density at radius 1 is 1.25 bits per heavy atom. The van der Waals surface area contributed by atoms with Gasteiger partial charge in [0.2, 0.25) is 0 Å². The van der Waals surface area contributed by atoms with Crippen LogP contribution >= 0.6 is 0 Å². The van der Waals surface area contributed by atoms with Gasteiger partial charge in [-0.2, -0.15) is 0 Å². The predicted molar refractivity (Wildman–Crippen MR) is 34.1 cm³/mol. The molecule has 0 spiro atoms. The van der Waals surface area contributed by atoms with E-state index >= 15 is 0 Å². The Bertz CT molecular complexity index is 65.4. The van der Waals surface area contributed by atoms with Crippen LogP contribution in [0, 0.1) is 0 Å². The van der Waals surface area contributed by atoms with Crippen LogP contribution in [-0.4, -0.2) is 32.4 Å². The highest BCUT2D eigenvalue weighted by atomic mass is 15.1. The van der Waals surface area contributed by atoms with E-state index in [1.54, 1.807) is 0 Å². The summed E-state index contributed by atoms with van der Waals surface area (Å²) in [6.07, 6.45) is 1.26. The van der Waals surface area contributed by atoms with Gasteiger partial charge in [-0.15, -0.1) is 0 Å². The predicted octanol–water partition coefficient (Wildman–Crippen LogP) is -0.990. The van der Waals surface area contributed by atoms with Gasteiger partial charge in [0.05, 0.1) is 0 Å². The largest absolute Gasteiger partial charge is 0.319 e. The maximum Gasteiger partial charge on any atom is 0.136 e. The van der Waals surface area contributed by atoms with Crippen molar-refractivity contribution in [2.75, 3.05) is 13.1 Å². The van der Waals surface area contributed by atoms with Crippen molar-refractivity contribution in [3.05, 3.63) is 0 Å². The first-order valence-electron chi connectivity index (χ1n) is 3.25. The summed E-state index contributed by atoms with van der Waals surface area (Å²) in [5, 5.41) is 6.83. The summed E-state index contributed by atoms with van der Waals surface area (Å²) in [5.74, 6) is 0.667. The summed E-state index contributed by atoms with van der Waals surface area (Å²) in [6.45, 7) is 2.31. The number of fused-ring (bicyclic) bond motifs is 3. The number of rotatable bonds is 0. The van der Waals surface area contributed by atoms with Crippen LogP contribution in [0.2, 0.25) is 6.32 Å². The second-order valence-electron chi connectivity index (χ2n) is 2.59. The van der Waals surface area contributed by atoms with Gasteiger partial charge in [0.15, 0.2) is 0 Å². The zero-order valence-electron chi connectivity index (χ0n) is 4.85. The fourth-order valence-electron chi connectivity index (χ4n) is 1.39. The maximum absolute atomic E-state index is 3.42. The van der Waals surface area contributed by atoms with Crippen LogP contribution in [0.1, 0.15) is 0 Å². The molecule has 1 radical (unpaired) electrons. The van der Waals surface area contributed by atoms with Gasteiger partial charge in [-0.25, -0.2) is 0 Å². The molecule has 3 heterocycles. The molecule has 2 atom stereocenters. The summed E-state index contributed by atoms with van der Waals surface area (Å²) >= 11 is 0. The SMILES string of the molecule is [B]1C[C@@H]2CNC1CN2. The fraction of sp³-hybridized carbons (Fsp3) is 1.00. The molecule has 3 heteroatoms. The third kappa shape index (κ3) is 0.662. The first-order valence-corrected chi connectivity index (χ1v) is 3.25. The number of piperazine rings is 1. The van der Waals surface area contributed by atoms with Gasteiger partial charge in [-0.05, 0) is 5.94 Å². The van der Waals surface area contributed by atoms with Crippen molar-refractivity contribution in [2.45, 2.75) is 18.3 Å². The molecule has 0 saturated carbocycles. The molecule has 3 aliphatic heterocycles. The molecule has 0 amide bonds. The van der Waals surface area contributed by atoms with Crippen LogP contribution in [0.4, 0.5) is 0 Å². The molecule has 43 valence electrons. The molecule has 3 saturated heterocycles. The van der Waals surface area contributed by atoms with Crippen molar-refractivity contribution in [2.24, 2.45) is 0 Å². The Balaban J connectivity index is 2.03. The van der Waals surface area contributed by atoms with Gasteiger partial charge < -0.3 is 10.6 Å². The Morgan fingerprint density at radius 2 is 2.25 bits per heavy atom. The van der Waals surface area contributed by atoms with Crippen molar-refractivity contribution < 1.29 is 0 Å². The van der Waals surface area contributed by atoms with Crippen LogP contribution in [0.15, 0.2) is 0 Å². The van der Waals surface area contributed by atoms with Gasteiger partial charge in [0.1, 0.15) is 7.28 Å². The number of hydrogen-bond acceptors (Lipinski definition) is 2. The first kappa shape index (κ1) is 4.83. The Morgan fingerprint density at radius 3 is 2.38 bits per heavy atom. The molecular formula is C5H10BN2. The average molecular weight is 109 g/mol. The monoisotopic (exact) mass is 109 g/mol. The second-order valence-corrected chi connectivity index (χ2v) is 2.59. The van der Waals surface area contributed by atoms with E-state index in [2.05, 4.69) is 17.9 Å². The normalized spacial score (nSPS) is 44.0. The summed E-state index contributed by atoms with van der Waals surface area (Å²) < 4.78 is 0. The van der Waals surface area contributed by atoms with Crippen LogP contribution in [-0.2, 0) is 0 Å². The van der Waals surface area contributed by atoms with E-state index in [4.69, 9.17) is 0 Å². The molecule has 2 bridgehead atoms. The average Bonchev–Trinajstić information content (AvgIpc) is 1.92. The van der Waals surface area contributed by atoms with E-state index in [-0.39, 0.29) is 0 Å². The topological polar surface area (TPSA) is 24.1 Å².